The molecule has 0 aromatic carbocycles. The number of rotatable bonds is 3. The molecule has 0 spiro atoms. The number of hydrogen-bond acceptors (Lipinski definition) is 4. The Morgan fingerprint density at radius 1 is 1.83 bits per heavy atom. The largest absolute Gasteiger partial charge is 0.480 e. The second-order valence-electron chi connectivity index (χ2n) is 2.35. The molecule has 12 heavy (non-hydrogen) atoms. The van der Waals surface area contributed by atoms with Crippen LogP contribution in [0.3, 0.4) is 0 Å². The van der Waals surface area contributed by atoms with Crippen molar-refractivity contribution in [3.8, 4) is 0 Å². The molecule has 0 amide bonds. The van der Waals surface area contributed by atoms with E-state index in [0.717, 1.165) is 5.01 Å². The highest BCUT2D eigenvalue weighted by Gasteiger charge is 2.19. The number of aryl methyl sites for hydroxylation is 1. The van der Waals surface area contributed by atoms with Gasteiger partial charge in [-0.1, -0.05) is 0 Å². The molecule has 0 aliphatic heterocycles. The van der Waals surface area contributed by atoms with Crippen LogP contribution in [0.25, 0.3) is 0 Å². The molecule has 0 saturated carbocycles. The second kappa shape index (κ2) is 3.64. The molecule has 1 aromatic rings. The predicted molar refractivity (Wildman–Crippen MR) is 46.3 cm³/mol. The summed E-state index contributed by atoms with van der Waals surface area (Å²) >= 11 is 1.45. The first-order valence-electron chi connectivity index (χ1n) is 3.47. The quantitative estimate of drug-likeness (QED) is 0.732. The van der Waals surface area contributed by atoms with E-state index in [4.69, 9.17) is 5.11 Å². The number of aromatic nitrogens is 1. The Bertz CT molecular complexity index is 285. The first-order chi connectivity index (χ1) is 5.65. The van der Waals surface area contributed by atoms with Gasteiger partial charge in [-0.05, 0) is 14.0 Å². The normalized spacial score (nSPS) is 12.8. The van der Waals surface area contributed by atoms with Crippen molar-refractivity contribution in [1.29, 1.82) is 0 Å². The molecule has 2 N–H and O–H groups in total. The summed E-state index contributed by atoms with van der Waals surface area (Å²) in [7, 11) is 1.60. The third-order valence-electron chi connectivity index (χ3n) is 1.47. The molecule has 0 fully saturated rings. The summed E-state index contributed by atoms with van der Waals surface area (Å²) in [6.45, 7) is 1.85. The zero-order chi connectivity index (χ0) is 9.14. The van der Waals surface area contributed by atoms with Crippen molar-refractivity contribution in [2.24, 2.45) is 0 Å². The monoisotopic (exact) mass is 186 g/mol. The lowest BCUT2D eigenvalue weighted by atomic mass is 10.2. The number of hydrogen-bond donors (Lipinski definition) is 2. The highest BCUT2D eigenvalue weighted by Crippen LogP contribution is 2.15. The third-order valence-corrected chi connectivity index (χ3v) is 2.26. The van der Waals surface area contributed by atoms with E-state index in [9.17, 15) is 4.79 Å². The fourth-order valence-electron chi connectivity index (χ4n) is 0.911. The summed E-state index contributed by atoms with van der Waals surface area (Å²) in [6, 6.07) is -0.685. The van der Waals surface area contributed by atoms with Gasteiger partial charge in [0.15, 0.2) is 0 Å². The van der Waals surface area contributed by atoms with Crippen LogP contribution in [0.5, 0.6) is 0 Å². The van der Waals surface area contributed by atoms with Crippen LogP contribution < -0.4 is 5.32 Å². The molecule has 0 bridgehead atoms. The molecule has 1 rings (SSSR count). The predicted octanol–water partition coefficient (Wildman–Crippen LogP) is 0.797. The maximum atomic E-state index is 10.6. The van der Waals surface area contributed by atoms with E-state index in [1.165, 1.54) is 11.3 Å². The SMILES string of the molecule is CNC(C(=O)O)c1csc(C)n1. The highest BCUT2D eigenvalue weighted by atomic mass is 32.1. The molecule has 1 aromatic heterocycles. The van der Waals surface area contributed by atoms with Gasteiger partial charge >= 0.3 is 5.97 Å². The van der Waals surface area contributed by atoms with Crippen LogP contribution in [-0.2, 0) is 4.79 Å². The summed E-state index contributed by atoms with van der Waals surface area (Å²) in [5.74, 6) is -0.900. The second-order valence-corrected chi connectivity index (χ2v) is 3.41. The van der Waals surface area contributed by atoms with E-state index < -0.39 is 12.0 Å². The van der Waals surface area contributed by atoms with Gasteiger partial charge in [0, 0.05) is 5.38 Å². The minimum Gasteiger partial charge on any atom is -0.480 e. The Kier molecular flexibility index (Phi) is 2.78. The molecule has 5 heteroatoms. The van der Waals surface area contributed by atoms with Crippen molar-refractivity contribution in [2.45, 2.75) is 13.0 Å². The Morgan fingerprint density at radius 2 is 2.50 bits per heavy atom. The molecular formula is C7H10N2O2S. The molecule has 1 unspecified atom stereocenters. The Morgan fingerprint density at radius 3 is 2.83 bits per heavy atom. The molecule has 0 aliphatic carbocycles. The van der Waals surface area contributed by atoms with E-state index in [1.54, 1.807) is 12.4 Å². The van der Waals surface area contributed by atoms with Crippen LogP contribution >= 0.6 is 11.3 Å². The Balaban J connectivity index is 2.87. The Hall–Kier alpha value is -0.940. The van der Waals surface area contributed by atoms with E-state index in [0.29, 0.717) is 5.69 Å². The molecule has 1 atom stereocenters. The van der Waals surface area contributed by atoms with Gasteiger partial charge in [-0.15, -0.1) is 11.3 Å². The van der Waals surface area contributed by atoms with Crippen LogP contribution in [0, 0.1) is 6.92 Å². The Labute approximate surface area is 74.3 Å². The molecule has 4 nitrogen and oxygen atoms in total. The number of carboxylic acids is 1. The average molecular weight is 186 g/mol. The van der Waals surface area contributed by atoms with Crippen molar-refractivity contribution < 1.29 is 9.90 Å². The van der Waals surface area contributed by atoms with E-state index >= 15 is 0 Å². The van der Waals surface area contributed by atoms with Gasteiger partial charge < -0.3 is 10.4 Å². The highest BCUT2D eigenvalue weighted by molar-refractivity contribution is 7.09. The zero-order valence-electron chi connectivity index (χ0n) is 6.87. The lowest BCUT2D eigenvalue weighted by molar-refractivity contribution is -0.139. The van der Waals surface area contributed by atoms with Gasteiger partial charge in [-0.25, -0.2) is 4.98 Å². The van der Waals surface area contributed by atoms with Crippen LogP contribution in [-0.4, -0.2) is 23.1 Å². The van der Waals surface area contributed by atoms with Gasteiger partial charge in [0.25, 0.3) is 0 Å². The topological polar surface area (TPSA) is 62.2 Å². The standard InChI is InChI=1S/C7H10N2O2S/c1-4-9-5(3-12-4)6(8-2)7(10)11/h3,6,8H,1-2H3,(H,10,11). The fourth-order valence-corrected chi connectivity index (χ4v) is 1.55. The van der Waals surface area contributed by atoms with E-state index in [-0.39, 0.29) is 0 Å². The number of carboxylic acid groups (broad SMARTS) is 1. The minimum atomic E-state index is -0.900. The molecule has 0 aliphatic rings. The first-order valence-corrected chi connectivity index (χ1v) is 4.35. The minimum absolute atomic E-state index is 0.576. The van der Waals surface area contributed by atoms with Crippen molar-refractivity contribution in [2.75, 3.05) is 7.05 Å². The lowest BCUT2D eigenvalue weighted by Crippen LogP contribution is -2.25. The molecule has 66 valence electrons. The van der Waals surface area contributed by atoms with Crippen LogP contribution in [0.4, 0.5) is 0 Å². The lowest BCUT2D eigenvalue weighted by Gasteiger charge is -2.06. The average Bonchev–Trinajstić information content (AvgIpc) is 2.37. The molecule has 0 saturated heterocycles. The number of carbonyl (C=O) groups is 1. The van der Waals surface area contributed by atoms with Gasteiger partial charge in [0.2, 0.25) is 0 Å². The number of nitrogens with one attached hydrogen (secondary N) is 1. The summed E-state index contributed by atoms with van der Waals surface area (Å²) in [6.07, 6.45) is 0. The number of aliphatic carboxylic acids is 1. The van der Waals surface area contributed by atoms with Gasteiger partial charge in [-0.2, -0.15) is 0 Å². The van der Waals surface area contributed by atoms with Crippen LogP contribution in [0.2, 0.25) is 0 Å². The maximum Gasteiger partial charge on any atom is 0.327 e. The first kappa shape index (κ1) is 9.15. The molecule has 0 radical (unpaired) electrons. The smallest absolute Gasteiger partial charge is 0.327 e. The number of thiazole rings is 1. The summed E-state index contributed by atoms with van der Waals surface area (Å²) in [4.78, 5) is 14.7. The zero-order valence-corrected chi connectivity index (χ0v) is 7.68. The van der Waals surface area contributed by atoms with Crippen molar-refractivity contribution in [3.05, 3.63) is 16.1 Å². The van der Waals surface area contributed by atoms with Gasteiger partial charge in [-0.3, -0.25) is 4.79 Å². The third kappa shape index (κ3) is 1.80. The summed E-state index contributed by atoms with van der Waals surface area (Å²) < 4.78 is 0. The van der Waals surface area contributed by atoms with Crippen molar-refractivity contribution >= 4 is 17.3 Å². The van der Waals surface area contributed by atoms with Crippen LogP contribution in [0.1, 0.15) is 16.7 Å². The van der Waals surface area contributed by atoms with Crippen LogP contribution in [0.15, 0.2) is 5.38 Å². The van der Waals surface area contributed by atoms with E-state index in [2.05, 4.69) is 10.3 Å². The number of likely N-dealkylation sites (N-methyl/N-ethyl adjacent to an activating group) is 1. The summed E-state index contributed by atoms with van der Waals surface area (Å²) in [5, 5.41) is 14.0. The maximum absolute atomic E-state index is 10.6. The molecule has 1 heterocycles. The van der Waals surface area contributed by atoms with Gasteiger partial charge in [0.1, 0.15) is 6.04 Å². The fraction of sp³-hybridized carbons (Fsp3) is 0.429. The summed E-state index contributed by atoms with van der Waals surface area (Å²) in [5.41, 5.74) is 0.576. The van der Waals surface area contributed by atoms with Crippen molar-refractivity contribution in [3.63, 3.8) is 0 Å². The number of nitrogens with zero attached hydrogens (tertiary/aromatic N) is 1. The van der Waals surface area contributed by atoms with Gasteiger partial charge in [0.05, 0.1) is 10.7 Å². The van der Waals surface area contributed by atoms with Crippen molar-refractivity contribution in [1.82, 2.24) is 10.3 Å². The molecular weight excluding hydrogens is 176 g/mol. The van der Waals surface area contributed by atoms with E-state index in [1.807, 2.05) is 6.92 Å².